The summed E-state index contributed by atoms with van der Waals surface area (Å²) in [6, 6.07) is 5.57. The quantitative estimate of drug-likeness (QED) is 0.579. The summed E-state index contributed by atoms with van der Waals surface area (Å²) >= 11 is 0. The number of nitrogens with one attached hydrogen (secondary N) is 1. The fraction of sp³-hybridized carbons (Fsp3) is 0. The van der Waals surface area contributed by atoms with Gasteiger partial charge in [0.25, 0.3) is 0 Å². The highest BCUT2D eigenvalue weighted by molar-refractivity contribution is 5.98. The second kappa shape index (κ2) is 4.13. The molecule has 0 amide bonds. The lowest BCUT2D eigenvalue weighted by molar-refractivity contribution is 1.37. The molecule has 0 aliphatic rings. The molecule has 0 saturated carbocycles. The minimum atomic E-state index is 0.309. The van der Waals surface area contributed by atoms with Gasteiger partial charge in [-0.25, -0.2) is 4.98 Å². The van der Waals surface area contributed by atoms with Gasteiger partial charge in [0.1, 0.15) is 5.82 Å². The Hall–Kier alpha value is -2.56. The number of rotatable bonds is 2. The van der Waals surface area contributed by atoms with Crippen LogP contribution in [0.3, 0.4) is 0 Å². The van der Waals surface area contributed by atoms with Gasteiger partial charge in [-0.1, -0.05) is 12.1 Å². The Bertz CT molecular complexity index is 616. The smallest absolute Gasteiger partial charge is 0.147 e. The highest BCUT2D eigenvalue weighted by Crippen LogP contribution is 2.26. The highest BCUT2D eigenvalue weighted by Gasteiger charge is 2.05. The summed E-state index contributed by atoms with van der Waals surface area (Å²) in [5.74, 6) is 0.309. The summed E-state index contributed by atoms with van der Waals surface area (Å²) in [5.41, 5.74) is 19.1. The van der Waals surface area contributed by atoms with E-state index in [1.54, 1.807) is 6.20 Å². The second-order valence-electron chi connectivity index (χ2n) is 3.65. The van der Waals surface area contributed by atoms with Gasteiger partial charge in [0.2, 0.25) is 0 Å². The normalized spacial score (nSPS) is 11.6. The molecule has 0 spiro atoms. The van der Waals surface area contributed by atoms with Crippen LogP contribution in [0.2, 0.25) is 0 Å². The molecular weight excluding hydrogens is 214 g/mol. The number of nitrogen functional groups attached to an aromatic ring is 2. The van der Waals surface area contributed by atoms with E-state index < -0.39 is 0 Å². The standard InChI is InChI=1S/C12H13N5/c13-4-3-10(14)7-1-2-8-6-17-12(16)11(15)9(8)5-7/h1-6,13H,14-15H2,(H2,16,17)/b10-3-,13-4?. The number of pyridine rings is 1. The summed E-state index contributed by atoms with van der Waals surface area (Å²) in [7, 11) is 0. The number of nitrogens with two attached hydrogens (primary N) is 3. The van der Waals surface area contributed by atoms with Gasteiger partial charge in [-0.2, -0.15) is 0 Å². The summed E-state index contributed by atoms with van der Waals surface area (Å²) in [6.07, 6.45) is 4.33. The number of allylic oxidation sites excluding steroid dienone is 1. The Balaban J connectivity index is 2.68. The molecule has 2 rings (SSSR count). The fourth-order valence-electron chi connectivity index (χ4n) is 1.61. The predicted molar refractivity (Wildman–Crippen MR) is 71.5 cm³/mol. The monoisotopic (exact) mass is 227 g/mol. The summed E-state index contributed by atoms with van der Waals surface area (Å²) in [4.78, 5) is 3.99. The Morgan fingerprint density at radius 3 is 2.76 bits per heavy atom. The van der Waals surface area contributed by atoms with Crippen molar-refractivity contribution in [3.05, 3.63) is 36.0 Å². The van der Waals surface area contributed by atoms with Crippen LogP contribution < -0.4 is 17.2 Å². The third kappa shape index (κ3) is 1.90. The van der Waals surface area contributed by atoms with Crippen molar-refractivity contribution in [2.24, 2.45) is 5.73 Å². The van der Waals surface area contributed by atoms with Gasteiger partial charge in [-0.05, 0) is 17.7 Å². The molecule has 7 N–H and O–H groups in total. The third-order valence-electron chi connectivity index (χ3n) is 2.56. The van der Waals surface area contributed by atoms with E-state index in [0.717, 1.165) is 22.6 Å². The van der Waals surface area contributed by atoms with Crippen LogP contribution in [0.1, 0.15) is 5.56 Å². The van der Waals surface area contributed by atoms with Crippen molar-refractivity contribution in [2.45, 2.75) is 0 Å². The van der Waals surface area contributed by atoms with Gasteiger partial charge in [0.15, 0.2) is 0 Å². The zero-order valence-electron chi connectivity index (χ0n) is 9.14. The molecule has 5 heteroatoms. The first-order valence-electron chi connectivity index (χ1n) is 5.04. The lowest BCUT2D eigenvalue weighted by atomic mass is 10.1. The molecule has 0 saturated heterocycles. The van der Waals surface area contributed by atoms with Crippen molar-refractivity contribution < 1.29 is 0 Å². The molecule has 0 unspecified atom stereocenters. The topological polar surface area (TPSA) is 115 Å². The Kier molecular flexibility index (Phi) is 2.66. The molecule has 86 valence electrons. The van der Waals surface area contributed by atoms with Crippen LogP contribution in [0.5, 0.6) is 0 Å². The van der Waals surface area contributed by atoms with Crippen molar-refractivity contribution in [2.75, 3.05) is 11.5 Å². The van der Waals surface area contributed by atoms with E-state index in [2.05, 4.69) is 4.98 Å². The maximum Gasteiger partial charge on any atom is 0.147 e. The number of anilines is 2. The van der Waals surface area contributed by atoms with Gasteiger partial charge in [-0.15, -0.1) is 0 Å². The first-order valence-corrected chi connectivity index (χ1v) is 5.04. The largest absolute Gasteiger partial charge is 0.398 e. The van der Waals surface area contributed by atoms with Crippen LogP contribution in [0.25, 0.3) is 16.5 Å². The minimum absolute atomic E-state index is 0.309. The van der Waals surface area contributed by atoms with Crippen LogP contribution in [-0.4, -0.2) is 11.2 Å². The molecule has 5 nitrogen and oxygen atoms in total. The maximum absolute atomic E-state index is 6.99. The SMILES string of the molecule is N=C/C=C(\N)c1ccc2cnc(N)c(N)c2c1. The molecule has 0 aliphatic carbocycles. The van der Waals surface area contributed by atoms with E-state index in [4.69, 9.17) is 22.6 Å². The number of hydrogen-bond donors (Lipinski definition) is 4. The van der Waals surface area contributed by atoms with E-state index in [-0.39, 0.29) is 0 Å². The Morgan fingerprint density at radius 2 is 2.06 bits per heavy atom. The summed E-state index contributed by atoms with van der Waals surface area (Å²) < 4.78 is 0. The van der Waals surface area contributed by atoms with Crippen molar-refractivity contribution >= 4 is 34.2 Å². The zero-order valence-corrected chi connectivity index (χ0v) is 9.14. The van der Waals surface area contributed by atoms with Crippen molar-refractivity contribution in [3.8, 4) is 0 Å². The van der Waals surface area contributed by atoms with Crippen LogP contribution in [-0.2, 0) is 0 Å². The van der Waals surface area contributed by atoms with Crippen molar-refractivity contribution in [1.82, 2.24) is 4.98 Å². The van der Waals surface area contributed by atoms with Crippen molar-refractivity contribution in [1.29, 1.82) is 5.41 Å². The lowest BCUT2D eigenvalue weighted by Crippen LogP contribution is -2.00. The van der Waals surface area contributed by atoms with Gasteiger partial charge in [0.05, 0.1) is 5.69 Å². The van der Waals surface area contributed by atoms with Crippen LogP contribution in [0.15, 0.2) is 30.5 Å². The van der Waals surface area contributed by atoms with Gasteiger partial charge in [0, 0.05) is 28.9 Å². The van der Waals surface area contributed by atoms with Crippen molar-refractivity contribution in [3.63, 3.8) is 0 Å². The van der Waals surface area contributed by atoms with Crippen LogP contribution in [0, 0.1) is 5.41 Å². The van der Waals surface area contributed by atoms with Gasteiger partial charge < -0.3 is 22.6 Å². The van der Waals surface area contributed by atoms with Gasteiger partial charge >= 0.3 is 0 Å². The molecule has 0 atom stereocenters. The maximum atomic E-state index is 6.99. The van der Waals surface area contributed by atoms with Gasteiger partial charge in [-0.3, -0.25) is 0 Å². The summed E-state index contributed by atoms with van der Waals surface area (Å²) in [5, 5.41) is 8.71. The highest BCUT2D eigenvalue weighted by atomic mass is 14.9. The molecule has 1 aromatic heterocycles. The number of nitrogens with zero attached hydrogens (tertiary/aromatic N) is 1. The van der Waals surface area contributed by atoms with E-state index in [1.165, 1.54) is 6.08 Å². The number of hydrogen-bond acceptors (Lipinski definition) is 5. The van der Waals surface area contributed by atoms with Crippen LogP contribution >= 0.6 is 0 Å². The number of aromatic nitrogens is 1. The van der Waals surface area contributed by atoms with E-state index in [1.807, 2.05) is 18.2 Å². The molecule has 1 aromatic carbocycles. The van der Waals surface area contributed by atoms with E-state index in [0.29, 0.717) is 17.2 Å². The molecule has 0 fully saturated rings. The molecule has 0 radical (unpaired) electrons. The average molecular weight is 227 g/mol. The first kappa shape index (κ1) is 10.9. The molecule has 0 bridgehead atoms. The molecule has 17 heavy (non-hydrogen) atoms. The lowest BCUT2D eigenvalue weighted by Gasteiger charge is -2.07. The molecular formula is C12H13N5. The Morgan fingerprint density at radius 1 is 1.29 bits per heavy atom. The second-order valence-corrected chi connectivity index (χ2v) is 3.65. The number of benzene rings is 1. The molecule has 1 heterocycles. The van der Waals surface area contributed by atoms with Crippen LogP contribution in [0.4, 0.5) is 11.5 Å². The van der Waals surface area contributed by atoms with E-state index >= 15 is 0 Å². The summed E-state index contributed by atoms with van der Waals surface area (Å²) in [6.45, 7) is 0. The third-order valence-corrected chi connectivity index (χ3v) is 2.56. The molecule has 2 aromatic rings. The average Bonchev–Trinajstić information content (AvgIpc) is 2.34. The minimum Gasteiger partial charge on any atom is -0.398 e. The fourth-order valence-corrected chi connectivity index (χ4v) is 1.61. The van der Waals surface area contributed by atoms with E-state index in [9.17, 15) is 0 Å². The molecule has 0 aliphatic heterocycles. The first-order chi connectivity index (χ1) is 8.13. The predicted octanol–water partition coefficient (Wildman–Crippen LogP) is 1.35. The zero-order chi connectivity index (χ0) is 12.4. The number of fused-ring (bicyclic) bond motifs is 1. The Labute approximate surface area is 98.4 Å².